The van der Waals surface area contributed by atoms with E-state index in [1.54, 1.807) is 6.07 Å². The second-order valence-electron chi connectivity index (χ2n) is 5.16. The minimum atomic E-state index is -4.70. The lowest BCUT2D eigenvalue weighted by Gasteiger charge is -2.16. The van der Waals surface area contributed by atoms with Crippen molar-refractivity contribution in [1.29, 1.82) is 0 Å². The van der Waals surface area contributed by atoms with E-state index in [4.69, 9.17) is 5.11 Å². The standard InChI is InChI=1S/C13H12F3NO3/c14-13(15,16)20-8-3-1-2-7(4-8)11-9-5-17(12(18)19)6-10(9)11/h1-4,9-11H,5-6H2,(H,18,19). The van der Waals surface area contributed by atoms with E-state index in [-0.39, 0.29) is 23.5 Å². The molecule has 1 saturated carbocycles. The van der Waals surface area contributed by atoms with Crippen LogP contribution in [0.4, 0.5) is 18.0 Å². The van der Waals surface area contributed by atoms with Gasteiger partial charge in [0, 0.05) is 13.1 Å². The summed E-state index contributed by atoms with van der Waals surface area (Å²) in [4.78, 5) is 12.2. The monoisotopic (exact) mass is 287 g/mol. The first-order valence-corrected chi connectivity index (χ1v) is 6.19. The van der Waals surface area contributed by atoms with Crippen LogP contribution < -0.4 is 4.74 Å². The second-order valence-corrected chi connectivity index (χ2v) is 5.16. The molecule has 1 saturated heterocycles. The minimum Gasteiger partial charge on any atom is -0.465 e. The molecule has 1 N–H and O–H groups in total. The predicted molar refractivity (Wildman–Crippen MR) is 62.4 cm³/mol. The number of halogens is 3. The van der Waals surface area contributed by atoms with Gasteiger partial charge < -0.3 is 14.7 Å². The lowest BCUT2D eigenvalue weighted by Crippen LogP contribution is -2.29. The molecule has 0 radical (unpaired) electrons. The van der Waals surface area contributed by atoms with Crippen molar-refractivity contribution in [3.8, 4) is 5.75 Å². The molecule has 4 nitrogen and oxygen atoms in total. The summed E-state index contributed by atoms with van der Waals surface area (Å²) in [7, 11) is 0. The highest BCUT2D eigenvalue weighted by atomic mass is 19.4. The molecule has 1 aliphatic carbocycles. The molecular formula is C13H12F3NO3. The fourth-order valence-corrected chi connectivity index (χ4v) is 3.10. The Kier molecular flexibility index (Phi) is 2.81. The van der Waals surface area contributed by atoms with Crippen LogP contribution in [0.25, 0.3) is 0 Å². The number of ether oxygens (including phenoxy) is 1. The molecule has 1 amide bonds. The Bertz CT molecular complexity index is 534. The van der Waals surface area contributed by atoms with Crippen molar-refractivity contribution in [2.45, 2.75) is 12.3 Å². The normalized spacial score (nSPS) is 28.1. The fraction of sp³-hybridized carbons (Fsp3) is 0.462. The molecule has 0 bridgehead atoms. The third kappa shape index (κ3) is 2.39. The molecule has 20 heavy (non-hydrogen) atoms. The van der Waals surface area contributed by atoms with E-state index in [9.17, 15) is 18.0 Å². The molecule has 2 atom stereocenters. The van der Waals surface area contributed by atoms with Gasteiger partial charge in [0.15, 0.2) is 0 Å². The Balaban J connectivity index is 1.69. The maximum absolute atomic E-state index is 12.2. The average Bonchev–Trinajstić information content (AvgIpc) is 2.82. The molecule has 7 heteroatoms. The minimum absolute atomic E-state index is 0.141. The van der Waals surface area contributed by atoms with E-state index in [2.05, 4.69) is 4.74 Å². The maximum atomic E-state index is 12.2. The fourth-order valence-electron chi connectivity index (χ4n) is 3.10. The Labute approximate surface area is 112 Å². The molecule has 2 aliphatic rings. The van der Waals surface area contributed by atoms with Gasteiger partial charge in [0.2, 0.25) is 0 Å². The van der Waals surface area contributed by atoms with Crippen molar-refractivity contribution in [2.24, 2.45) is 11.8 Å². The molecule has 2 fully saturated rings. The van der Waals surface area contributed by atoms with Crippen LogP contribution in [-0.2, 0) is 0 Å². The van der Waals surface area contributed by atoms with Crippen molar-refractivity contribution >= 4 is 6.09 Å². The number of fused-ring (bicyclic) bond motifs is 1. The maximum Gasteiger partial charge on any atom is 0.573 e. The molecule has 108 valence electrons. The van der Waals surface area contributed by atoms with Gasteiger partial charge in [-0.1, -0.05) is 12.1 Å². The summed E-state index contributed by atoms with van der Waals surface area (Å²) in [5, 5.41) is 8.86. The first kappa shape index (κ1) is 13.1. The first-order valence-electron chi connectivity index (χ1n) is 6.19. The van der Waals surface area contributed by atoms with Crippen molar-refractivity contribution in [3.05, 3.63) is 29.8 Å². The van der Waals surface area contributed by atoms with Gasteiger partial charge in [-0.05, 0) is 35.4 Å². The molecule has 0 spiro atoms. The van der Waals surface area contributed by atoms with E-state index >= 15 is 0 Å². The van der Waals surface area contributed by atoms with E-state index in [1.807, 2.05) is 0 Å². The van der Waals surface area contributed by atoms with Gasteiger partial charge in [0.1, 0.15) is 5.75 Å². The smallest absolute Gasteiger partial charge is 0.465 e. The van der Waals surface area contributed by atoms with E-state index in [0.29, 0.717) is 13.1 Å². The number of rotatable bonds is 2. The van der Waals surface area contributed by atoms with Crippen LogP contribution in [0.5, 0.6) is 5.75 Å². The molecule has 1 aromatic rings. The zero-order valence-corrected chi connectivity index (χ0v) is 10.3. The lowest BCUT2D eigenvalue weighted by atomic mass is 10.1. The molecule has 1 aliphatic heterocycles. The zero-order chi connectivity index (χ0) is 14.5. The summed E-state index contributed by atoms with van der Waals surface area (Å²) in [5.41, 5.74) is 0.784. The number of nitrogens with zero attached hydrogens (tertiary/aromatic N) is 1. The molecule has 3 rings (SSSR count). The largest absolute Gasteiger partial charge is 0.573 e. The van der Waals surface area contributed by atoms with Crippen molar-refractivity contribution < 1.29 is 27.8 Å². The van der Waals surface area contributed by atoms with Crippen LogP contribution in [-0.4, -0.2) is 35.6 Å². The number of hydrogen-bond donors (Lipinski definition) is 1. The van der Waals surface area contributed by atoms with Crippen molar-refractivity contribution in [2.75, 3.05) is 13.1 Å². The number of amides is 1. The Morgan fingerprint density at radius 1 is 1.30 bits per heavy atom. The quantitative estimate of drug-likeness (QED) is 0.910. The summed E-state index contributed by atoms with van der Waals surface area (Å²) in [6.07, 6.45) is -5.64. The molecule has 1 aromatic carbocycles. The number of carboxylic acid groups (broad SMARTS) is 1. The average molecular weight is 287 g/mol. The van der Waals surface area contributed by atoms with Crippen LogP contribution in [0.15, 0.2) is 24.3 Å². The Hall–Kier alpha value is -1.92. The SMILES string of the molecule is O=C(O)N1CC2C(C1)C2c1cccc(OC(F)(F)F)c1. The molecule has 2 unspecified atom stereocenters. The van der Waals surface area contributed by atoms with Gasteiger partial charge in [0.25, 0.3) is 0 Å². The Morgan fingerprint density at radius 3 is 2.50 bits per heavy atom. The van der Waals surface area contributed by atoms with Crippen molar-refractivity contribution in [3.63, 3.8) is 0 Å². The van der Waals surface area contributed by atoms with Gasteiger partial charge in [-0.25, -0.2) is 4.79 Å². The highest BCUT2D eigenvalue weighted by Crippen LogP contribution is 2.58. The number of carbonyl (C=O) groups is 1. The van der Waals surface area contributed by atoms with Gasteiger partial charge in [-0.15, -0.1) is 13.2 Å². The molecule has 1 heterocycles. The van der Waals surface area contributed by atoms with Gasteiger partial charge in [0.05, 0.1) is 0 Å². The first-order chi connectivity index (χ1) is 9.35. The van der Waals surface area contributed by atoms with Crippen LogP contribution >= 0.6 is 0 Å². The zero-order valence-electron chi connectivity index (χ0n) is 10.3. The number of hydrogen-bond acceptors (Lipinski definition) is 2. The lowest BCUT2D eigenvalue weighted by molar-refractivity contribution is -0.274. The summed E-state index contributed by atoms with van der Waals surface area (Å²) in [5.74, 6) is 0.344. The number of piperidine rings is 1. The van der Waals surface area contributed by atoms with Crippen molar-refractivity contribution in [1.82, 2.24) is 4.90 Å². The topological polar surface area (TPSA) is 49.8 Å². The summed E-state index contributed by atoms with van der Waals surface area (Å²) in [6.45, 7) is 0.907. The van der Waals surface area contributed by atoms with Crippen LogP contribution in [0.3, 0.4) is 0 Å². The van der Waals surface area contributed by atoms with Gasteiger partial charge >= 0.3 is 12.5 Å². The van der Waals surface area contributed by atoms with Crippen LogP contribution in [0, 0.1) is 11.8 Å². The number of likely N-dealkylation sites (tertiary alicyclic amines) is 1. The molecule has 0 aromatic heterocycles. The highest BCUT2D eigenvalue weighted by Gasteiger charge is 2.57. The second kappa shape index (κ2) is 4.29. The van der Waals surface area contributed by atoms with Gasteiger partial charge in [-0.3, -0.25) is 0 Å². The Morgan fingerprint density at radius 2 is 1.95 bits per heavy atom. The third-order valence-electron chi connectivity index (χ3n) is 3.94. The molecular weight excluding hydrogens is 275 g/mol. The highest BCUT2D eigenvalue weighted by molar-refractivity contribution is 5.66. The van der Waals surface area contributed by atoms with Gasteiger partial charge in [-0.2, -0.15) is 0 Å². The summed E-state index contributed by atoms with van der Waals surface area (Å²) in [6, 6.07) is 5.94. The summed E-state index contributed by atoms with van der Waals surface area (Å²) >= 11 is 0. The number of alkyl halides is 3. The number of benzene rings is 1. The van der Waals surface area contributed by atoms with E-state index in [1.165, 1.54) is 23.1 Å². The van der Waals surface area contributed by atoms with E-state index < -0.39 is 12.5 Å². The van der Waals surface area contributed by atoms with E-state index in [0.717, 1.165) is 5.56 Å². The van der Waals surface area contributed by atoms with Crippen LogP contribution in [0.1, 0.15) is 11.5 Å². The third-order valence-corrected chi connectivity index (χ3v) is 3.94. The summed E-state index contributed by atoms with van der Waals surface area (Å²) < 4.78 is 40.4. The predicted octanol–water partition coefficient (Wildman–Crippen LogP) is 2.91. The van der Waals surface area contributed by atoms with Crippen LogP contribution in [0.2, 0.25) is 0 Å².